The summed E-state index contributed by atoms with van der Waals surface area (Å²) in [5, 5.41) is 6.18. The van der Waals surface area contributed by atoms with Gasteiger partial charge in [-0.15, -0.1) is 0 Å². The van der Waals surface area contributed by atoms with Crippen LogP contribution in [0.3, 0.4) is 0 Å². The van der Waals surface area contributed by atoms with Crippen LogP contribution in [0.1, 0.15) is 48.9 Å². The number of hydrogen-bond donors (Lipinski definition) is 3. The number of nitrogens with zero attached hydrogens (tertiary/aromatic N) is 2. The molecule has 1 saturated carbocycles. The van der Waals surface area contributed by atoms with Crippen LogP contribution in [0.2, 0.25) is 0 Å². The molecule has 0 atom stereocenters. The Balaban J connectivity index is 1.57. The number of aryl methyl sites for hydroxylation is 1. The standard InChI is InChI=1S/C29H37N5O5S/c1-19-10-12-22(40(36,37)30-2)17-23(19)32-25-18-31-29(33-24(25)14-20-8-6-5-7-9-20)34-28(35)16-21-11-13-26(38-3)27(15-21)39-4/h10-13,15,17-18,20,30,32H,5-9,14,16H2,1-4H3,(H,31,33,34,35). The van der Waals surface area contributed by atoms with E-state index in [1.165, 1.54) is 26.3 Å². The van der Waals surface area contributed by atoms with Gasteiger partial charge in [0.1, 0.15) is 0 Å². The minimum Gasteiger partial charge on any atom is -0.493 e. The normalized spacial score (nSPS) is 14.0. The van der Waals surface area contributed by atoms with Crippen molar-refractivity contribution in [2.24, 2.45) is 5.92 Å². The fourth-order valence-corrected chi connectivity index (χ4v) is 5.67. The topological polar surface area (TPSA) is 132 Å². The Morgan fingerprint density at radius 1 is 1.00 bits per heavy atom. The molecule has 3 aromatic rings. The predicted octanol–water partition coefficient (Wildman–Crippen LogP) is 4.76. The van der Waals surface area contributed by atoms with Crippen LogP contribution in [-0.4, -0.2) is 45.6 Å². The minimum atomic E-state index is -3.60. The maximum Gasteiger partial charge on any atom is 0.240 e. The van der Waals surface area contributed by atoms with Crippen molar-refractivity contribution in [3.05, 3.63) is 59.4 Å². The molecule has 0 aliphatic heterocycles. The number of carbonyl (C=O) groups is 1. The number of ether oxygens (including phenoxy) is 2. The quantitative estimate of drug-likeness (QED) is 0.302. The number of hydrogen-bond acceptors (Lipinski definition) is 8. The van der Waals surface area contributed by atoms with E-state index >= 15 is 0 Å². The molecule has 0 radical (unpaired) electrons. The molecule has 4 rings (SSSR count). The van der Waals surface area contributed by atoms with E-state index in [4.69, 9.17) is 14.5 Å². The summed E-state index contributed by atoms with van der Waals surface area (Å²) < 4.78 is 37.7. The second kappa shape index (κ2) is 13.1. The van der Waals surface area contributed by atoms with Crippen molar-refractivity contribution in [2.45, 2.75) is 56.8 Å². The van der Waals surface area contributed by atoms with Gasteiger partial charge in [-0.2, -0.15) is 0 Å². The second-order valence-corrected chi connectivity index (χ2v) is 11.9. The smallest absolute Gasteiger partial charge is 0.240 e. The predicted molar refractivity (Wildman–Crippen MR) is 155 cm³/mol. The van der Waals surface area contributed by atoms with Crippen LogP contribution in [0.15, 0.2) is 47.5 Å². The summed E-state index contributed by atoms with van der Waals surface area (Å²) in [6.45, 7) is 1.91. The van der Waals surface area contributed by atoms with Crippen molar-refractivity contribution in [3.63, 3.8) is 0 Å². The van der Waals surface area contributed by atoms with Gasteiger partial charge in [0.05, 0.1) is 43.1 Å². The first-order chi connectivity index (χ1) is 19.2. The van der Waals surface area contributed by atoms with Gasteiger partial charge < -0.3 is 14.8 Å². The first kappa shape index (κ1) is 29.3. The van der Waals surface area contributed by atoms with Crippen LogP contribution in [0.4, 0.5) is 17.3 Å². The molecule has 10 nitrogen and oxygen atoms in total. The molecule has 0 bridgehead atoms. The lowest BCUT2D eigenvalue weighted by atomic mass is 9.86. The molecule has 40 heavy (non-hydrogen) atoms. The van der Waals surface area contributed by atoms with Crippen molar-refractivity contribution < 1.29 is 22.7 Å². The highest BCUT2D eigenvalue weighted by molar-refractivity contribution is 7.89. The monoisotopic (exact) mass is 567 g/mol. The van der Waals surface area contributed by atoms with E-state index in [0.717, 1.165) is 36.1 Å². The maximum atomic E-state index is 12.9. The van der Waals surface area contributed by atoms with Crippen molar-refractivity contribution >= 4 is 33.3 Å². The largest absolute Gasteiger partial charge is 0.493 e. The Bertz CT molecular complexity index is 1460. The van der Waals surface area contributed by atoms with Crippen molar-refractivity contribution in [1.29, 1.82) is 0 Å². The first-order valence-corrected chi connectivity index (χ1v) is 14.9. The molecular formula is C29H37N5O5S. The third kappa shape index (κ3) is 7.28. The minimum absolute atomic E-state index is 0.119. The van der Waals surface area contributed by atoms with Crippen molar-refractivity contribution in [1.82, 2.24) is 14.7 Å². The lowest BCUT2D eigenvalue weighted by Crippen LogP contribution is -2.19. The maximum absolute atomic E-state index is 12.9. The number of aromatic nitrogens is 2. The number of benzene rings is 2. The number of rotatable bonds is 11. The van der Waals surface area contributed by atoms with Gasteiger partial charge in [0.15, 0.2) is 11.5 Å². The van der Waals surface area contributed by atoms with Crippen molar-refractivity contribution in [2.75, 3.05) is 31.9 Å². The highest BCUT2D eigenvalue weighted by atomic mass is 32.2. The zero-order valence-electron chi connectivity index (χ0n) is 23.4. The van der Waals surface area contributed by atoms with Crippen LogP contribution in [0.5, 0.6) is 11.5 Å². The van der Waals surface area contributed by atoms with Crippen LogP contribution in [0.25, 0.3) is 0 Å². The average Bonchev–Trinajstić information content (AvgIpc) is 2.95. The number of carbonyl (C=O) groups excluding carboxylic acids is 1. The van der Waals surface area contributed by atoms with Crippen LogP contribution < -0.4 is 24.8 Å². The molecule has 1 aromatic heterocycles. The van der Waals surface area contributed by atoms with Gasteiger partial charge >= 0.3 is 0 Å². The fraction of sp³-hybridized carbons (Fsp3) is 0.414. The Hall–Kier alpha value is -3.70. The van der Waals surface area contributed by atoms with E-state index in [-0.39, 0.29) is 23.2 Å². The number of nitrogens with one attached hydrogen (secondary N) is 3. The summed E-state index contributed by atoms with van der Waals surface area (Å²) in [7, 11) is 0.900. The molecule has 1 aliphatic rings. The van der Waals surface area contributed by atoms with E-state index in [2.05, 4.69) is 20.3 Å². The van der Waals surface area contributed by atoms with Crippen LogP contribution in [-0.2, 0) is 27.7 Å². The van der Waals surface area contributed by atoms with Crippen molar-refractivity contribution in [3.8, 4) is 11.5 Å². The molecular weight excluding hydrogens is 530 g/mol. The molecule has 1 amide bonds. The molecule has 11 heteroatoms. The van der Waals surface area contributed by atoms with Gasteiger partial charge in [-0.25, -0.2) is 23.1 Å². The molecule has 1 aliphatic carbocycles. The van der Waals surface area contributed by atoms with Gasteiger partial charge in [0.2, 0.25) is 21.9 Å². The molecule has 0 spiro atoms. The molecule has 0 unspecified atom stereocenters. The van der Waals surface area contributed by atoms with E-state index < -0.39 is 10.0 Å². The SMILES string of the molecule is CNS(=O)(=O)c1ccc(C)c(Nc2cnc(NC(=O)Cc3ccc(OC)c(OC)c3)nc2CC2CCCCC2)c1. The molecule has 3 N–H and O–H groups in total. The zero-order valence-corrected chi connectivity index (χ0v) is 24.2. The van der Waals surface area contributed by atoms with Crippen LogP contribution >= 0.6 is 0 Å². The van der Waals surface area contributed by atoms with Gasteiger partial charge in [0, 0.05) is 5.69 Å². The highest BCUT2D eigenvalue weighted by Gasteiger charge is 2.20. The Morgan fingerprint density at radius 2 is 1.75 bits per heavy atom. The Labute approximate surface area is 236 Å². The average molecular weight is 568 g/mol. The van der Waals surface area contributed by atoms with Gasteiger partial charge in [-0.05, 0) is 61.7 Å². The summed E-state index contributed by atoms with van der Waals surface area (Å²) in [6.07, 6.45) is 8.38. The Kier molecular flexibility index (Phi) is 9.59. The van der Waals surface area contributed by atoms with Gasteiger partial charge in [-0.3, -0.25) is 10.1 Å². The van der Waals surface area contributed by atoms with Gasteiger partial charge in [-0.1, -0.05) is 44.2 Å². The van der Waals surface area contributed by atoms with Gasteiger partial charge in [0.25, 0.3) is 0 Å². The molecule has 2 aromatic carbocycles. The van der Waals surface area contributed by atoms with Crippen LogP contribution in [0, 0.1) is 12.8 Å². The highest BCUT2D eigenvalue weighted by Crippen LogP contribution is 2.32. The number of methoxy groups -OCH3 is 2. The molecule has 1 fully saturated rings. The Morgan fingerprint density at radius 3 is 2.45 bits per heavy atom. The summed E-state index contributed by atoms with van der Waals surface area (Å²) >= 11 is 0. The second-order valence-electron chi connectivity index (χ2n) is 9.99. The van der Waals surface area contributed by atoms with E-state index in [0.29, 0.717) is 28.8 Å². The number of amides is 1. The lowest BCUT2D eigenvalue weighted by Gasteiger charge is -2.23. The summed E-state index contributed by atoms with van der Waals surface area (Å²) in [5.41, 5.74) is 3.76. The van der Waals surface area contributed by atoms with E-state index in [9.17, 15) is 13.2 Å². The first-order valence-electron chi connectivity index (χ1n) is 13.4. The summed E-state index contributed by atoms with van der Waals surface area (Å²) in [6, 6.07) is 10.3. The fourth-order valence-electron chi connectivity index (χ4n) is 4.91. The third-order valence-electron chi connectivity index (χ3n) is 7.20. The lowest BCUT2D eigenvalue weighted by molar-refractivity contribution is -0.115. The summed E-state index contributed by atoms with van der Waals surface area (Å²) in [4.78, 5) is 22.2. The molecule has 0 saturated heterocycles. The van der Waals surface area contributed by atoms with E-state index in [1.54, 1.807) is 50.7 Å². The number of anilines is 3. The number of sulfonamides is 1. The molecule has 214 valence electrons. The van der Waals surface area contributed by atoms with E-state index in [1.807, 2.05) is 13.0 Å². The third-order valence-corrected chi connectivity index (χ3v) is 8.61. The molecule has 1 heterocycles. The summed E-state index contributed by atoms with van der Waals surface area (Å²) in [5.74, 6) is 1.60. The zero-order chi connectivity index (χ0) is 28.7.